The maximum atomic E-state index is 12.7. The second-order valence-corrected chi connectivity index (χ2v) is 3.83. The Bertz CT molecular complexity index is 750. The first-order valence-corrected chi connectivity index (χ1v) is 5.73. The Balaban J connectivity index is 3.50. The summed E-state index contributed by atoms with van der Waals surface area (Å²) >= 11 is 0. The van der Waals surface area contributed by atoms with Gasteiger partial charge in [0.15, 0.2) is 0 Å². The number of allylic oxidation sites excluding steroid dienone is 1. The van der Waals surface area contributed by atoms with Crippen LogP contribution in [0, 0.1) is 45.3 Å². The number of halogens is 3. The Hall–Kier alpha value is -3.82. The molecular formula is C14H5F3N6. The second kappa shape index (κ2) is 7.26. The molecule has 0 N–H and O–H groups in total. The zero-order valence-electron chi connectivity index (χ0n) is 11.2. The van der Waals surface area contributed by atoms with Crippen molar-refractivity contribution >= 4 is 11.4 Å². The lowest BCUT2D eigenvalue weighted by atomic mass is 10.2. The van der Waals surface area contributed by atoms with E-state index in [1.54, 1.807) is 0 Å². The third-order valence-corrected chi connectivity index (χ3v) is 2.35. The first kappa shape index (κ1) is 17.2. The smallest absolute Gasteiger partial charge is 0.237 e. The van der Waals surface area contributed by atoms with E-state index in [1.807, 2.05) is 0 Å². The molecule has 0 aromatic heterocycles. The Morgan fingerprint density at radius 2 is 1.65 bits per heavy atom. The van der Waals surface area contributed by atoms with Crippen molar-refractivity contribution in [2.45, 2.75) is 6.18 Å². The quantitative estimate of drug-likeness (QED) is 0.484. The van der Waals surface area contributed by atoms with E-state index in [0.717, 1.165) is 18.3 Å². The highest BCUT2D eigenvalue weighted by atomic mass is 19.4. The first-order chi connectivity index (χ1) is 10.8. The van der Waals surface area contributed by atoms with Crippen LogP contribution < -0.4 is 5.01 Å². The third-order valence-electron chi connectivity index (χ3n) is 2.35. The van der Waals surface area contributed by atoms with Crippen molar-refractivity contribution in [3.63, 3.8) is 0 Å². The average molecular weight is 314 g/mol. The normalized spacial score (nSPS) is 9.35. The predicted octanol–water partition coefficient (Wildman–Crippen LogP) is 2.85. The molecule has 0 aliphatic carbocycles. The molecule has 9 heteroatoms. The molecule has 1 rings (SSSR count). The number of anilines is 1. The van der Waals surface area contributed by atoms with Gasteiger partial charge in [-0.15, -0.1) is 5.10 Å². The molecule has 0 unspecified atom stereocenters. The van der Waals surface area contributed by atoms with Crippen molar-refractivity contribution in [2.24, 2.45) is 5.10 Å². The lowest BCUT2D eigenvalue weighted by Gasteiger charge is -2.16. The van der Waals surface area contributed by atoms with E-state index < -0.39 is 23.0 Å². The van der Waals surface area contributed by atoms with Gasteiger partial charge in [0.1, 0.15) is 29.8 Å². The van der Waals surface area contributed by atoms with Gasteiger partial charge < -0.3 is 0 Å². The number of hydrogen-bond donors (Lipinski definition) is 0. The van der Waals surface area contributed by atoms with Crippen molar-refractivity contribution < 1.29 is 13.2 Å². The summed E-state index contributed by atoms with van der Waals surface area (Å²) in [6.07, 6.45) is -3.79. The molecule has 0 fully saturated rings. The van der Waals surface area contributed by atoms with Crippen LogP contribution in [0.5, 0.6) is 0 Å². The average Bonchev–Trinajstić information content (AvgIpc) is 2.54. The molecule has 0 saturated carbocycles. The maximum Gasteiger partial charge on any atom is 0.416 e. The van der Waals surface area contributed by atoms with Crippen LogP contribution in [0.1, 0.15) is 5.56 Å². The van der Waals surface area contributed by atoms with Gasteiger partial charge in [0.05, 0.1) is 17.5 Å². The number of rotatable bonds is 3. The molecular weight excluding hydrogens is 309 g/mol. The van der Waals surface area contributed by atoms with E-state index in [9.17, 15) is 13.2 Å². The largest absolute Gasteiger partial charge is 0.416 e. The highest BCUT2D eigenvalue weighted by Gasteiger charge is 2.30. The van der Waals surface area contributed by atoms with Gasteiger partial charge in [0.25, 0.3) is 0 Å². The van der Waals surface area contributed by atoms with Crippen LogP contribution in [0.3, 0.4) is 0 Å². The Kier molecular flexibility index (Phi) is 5.44. The van der Waals surface area contributed by atoms with E-state index in [-0.39, 0.29) is 5.69 Å². The number of nitriles is 4. The molecule has 112 valence electrons. The lowest BCUT2D eigenvalue weighted by molar-refractivity contribution is -0.137. The van der Waals surface area contributed by atoms with Crippen LogP contribution in [-0.4, -0.2) is 5.71 Å². The molecule has 1 aromatic carbocycles. The number of benzene rings is 1. The summed E-state index contributed by atoms with van der Waals surface area (Å²) in [6.45, 7) is 0. The van der Waals surface area contributed by atoms with Crippen molar-refractivity contribution in [3.8, 4) is 24.3 Å². The SMILES string of the molecule is N#CC(C#N)=CN(N=C(C#N)C#N)c1cccc(C(F)(F)F)c1. The highest BCUT2D eigenvalue weighted by Crippen LogP contribution is 2.32. The highest BCUT2D eigenvalue weighted by molar-refractivity contribution is 6.10. The number of nitrogens with zero attached hydrogens (tertiary/aromatic N) is 6. The van der Waals surface area contributed by atoms with Gasteiger partial charge in [-0.1, -0.05) is 6.07 Å². The van der Waals surface area contributed by atoms with E-state index in [0.29, 0.717) is 11.1 Å². The summed E-state index contributed by atoms with van der Waals surface area (Å²) < 4.78 is 38.2. The van der Waals surface area contributed by atoms with Gasteiger partial charge in [0.2, 0.25) is 5.71 Å². The fraction of sp³-hybridized carbons (Fsp3) is 0.0714. The molecule has 0 aliphatic rings. The summed E-state index contributed by atoms with van der Waals surface area (Å²) in [4.78, 5) is 0. The van der Waals surface area contributed by atoms with Gasteiger partial charge in [-0.05, 0) is 18.2 Å². The van der Waals surface area contributed by atoms with Gasteiger partial charge >= 0.3 is 6.18 Å². The van der Waals surface area contributed by atoms with Gasteiger partial charge in [0, 0.05) is 0 Å². The van der Waals surface area contributed by atoms with Crippen LogP contribution in [0.2, 0.25) is 0 Å². The van der Waals surface area contributed by atoms with Crippen LogP contribution in [-0.2, 0) is 6.18 Å². The summed E-state index contributed by atoms with van der Waals surface area (Å²) in [7, 11) is 0. The Morgan fingerprint density at radius 1 is 1.04 bits per heavy atom. The number of alkyl halides is 3. The monoisotopic (exact) mass is 314 g/mol. The van der Waals surface area contributed by atoms with E-state index >= 15 is 0 Å². The standard InChI is InChI=1S/C14H5F3N6/c15-14(16,17)11-2-1-3-13(4-11)23(9-10(5-18)6-19)22-12(7-20)8-21/h1-4,9H. The molecule has 0 atom stereocenters. The predicted molar refractivity (Wildman–Crippen MR) is 71.9 cm³/mol. The molecule has 0 radical (unpaired) electrons. The minimum atomic E-state index is -4.62. The first-order valence-electron chi connectivity index (χ1n) is 5.73. The van der Waals surface area contributed by atoms with Crippen molar-refractivity contribution in [1.29, 1.82) is 21.0 Å². The van der Waals surface area contributed by atoms with Crippen molar-refractivity contribution in [1.82, 2.24) is 0 Å². The van der Waals surface area contributed by atoms with Crippen molar-refractivity contribution in [3.05, 3.63) is 41.6 Å². The third kappa shape index (κ3) is 4.60. The molecule has 0 saturated heterocycles. The molecule has 23 heavy (non-hydrogen) atoms. The van der Waals surface area contributed by atoms with E-state index in [4.69, 9.17) is 21.0 Å². The molecule has 0 spiro atoms. The minimum absolute atomic E-state index is 0.175. The fourth-order valence-electron chi connectivity index (χ4n) is 1.37. The fourth-order valence-corrected chi connectivity index (χ4v) is 1.37. The van der Waals surface area contributed by atoms with Crippen LogP contribution in [0.4, 0.5) is 18.9 Å². The molecule has 6 nitrogen and oxygen atoms in total. The van der Waals surface area contributed by atoms with Crippen LogP contribution >= 0.6 is 0 Å². The molecule has 0 bridgehead atoms. The summed E-state index contributed by atoms with van der Waals surface area (Å²) in [5.74, 6) is 0. The van der Waals surface area contributed by atoms with Crippen LogP contribution in [0.25, 0.3) is 0 Å². The summed E-state index contributed by atoms with van der Waals surface area (Å²) in [5, 5.41) is 39.1. The Labute approximate surface area is 128 Å². The summed E-state index contributed by atoms with van der Waals surface area (Å²) in [5.41, 5.74) is -2.30. The van der Waals surface area contributed by atoms with E-state index in [2.05, 4.69) is 5.10 Å². The molecule has 0 aliphatic heterocycles. The van der Waals surface area contributed by atoms with Gasteiger partial charge in [-0.3, -0.25) is 0 Å². The lowest BCUT2D eigenvalue weighted by Crippen LogP contribution is -2.13. The van der Waals surface area contributed by atoms with Gasteiger partial charge in [-0.25, -0.2) is 5.01 Å². The summed E-state index contributed by atoms with van der Waals surface area (Å²) in [6, 6.07) is 9.72. The van der Waals surface area contributed by atoms with Crippen LogP contribution in [0.15, 0.2) is 41.1 Å². The second-order valence-electron chi connectivity index (χ2n) is 3.83. The number of hydrazone groups is 1. The number of hydrogen-bond acceptors (Lipinski definition) is 6. The molecule has 0 heterocycles. The van der Waals surface area contributed by atoms with Gasteiger partial charge in [-0.2, -0.15) is 34.2 Å². The van der Waals surface area contributed by atoms with E-state index in [1.165, 1.54) is 30.3 Å². The zero-order valence-corrected chi connectivity index (χ0v) is 11.2. The molecule has 0 amide bonds. The maximum absolute atomic E-state index is 12.7. The topological polar surface area (TPSA) is 111 Å². The Morgan fingerprint density at radius 3 is 2.13 bits per heavy atom. The zero-order chi connectivity index (χ0) is 17.5. The van der Waals surface area contributed by atoms with Crippen molar-refractivity contribution in [2.75, 3.05) is 5.01 Å². The molecule has 1 aromatic rings. The minimum Gasteiger partial charge on any atom is -0.237 e.